The standard InChI is InChI=1S/C22H29N3O3/c1-7-8-9-25-15(2)10-17(16(25)3)11-18(12-23)21(26)27-14-20-24-13-19(28-20)22(4,5)6/h10-11,13H,7-9,14H2,1-6H3/b18-11+. The van der Waals surface area contributed by atoms with Crippen LogP contribution in [0.1, 0.15) is 69.1 Å². The van der Waals surface area contributed by atoms with E-state index < -0.39 is 5.97 Å². The summed E-state index contributed by atoms with van der Waals surface area (Å²) in [5, 5.41) is 9.41. The molecule has 0 N–H and O–H groups in total. The topological polar surface area (TPSA) is 81.0 Å². The molecular weight excluding hydrogens is 354 g/mol. The van der Waals surface area contributed by atoms with Crippen molar-refractivity contribution in [3.63, 3.8) is 0 Å². The molecule has 0 saturated carbocycles. The van der Waals surface area contributed by atoms with Gasteiger partial charge in [0.2, 0.25) is 5.89 Å². The summed E-state index contributed by atoms with van der Waals surface area (Å²) in [6.07, 6.45) is 5.41. The molecule has 28 heavy (non-hydrogen) atoms. The van der Waals surface area contributed by atoms with Crippen molar-refractivity contribution in [3.05, 3.63) is 46.4 Å². The van der Waals surface area contributed by atoms with Crippen LogP contribution < -0.4 is 0 Å². The van der Waals surface area contributed by atoms with Gasteiger partial charge in [-0.05, 0) is 38.0 Å². The summed E-state index contributed by atoms with van der Waals surface area (Å²) in [7, 11) is 0. The van der Waals surface area contributed by atoms with Gasteiger partial charge in [0.15, 0.2) is 6.61 Å². The Morgan fingerprint density at radius 2 is 2.11 bits per heavy atom. The van der Waals surface area contributed by atoms with Crippen molar-refractivity contribution >= 4 is 12.0 Å². The molecule has 2 aromatic heterocycles. The Labute approximate surface area is 166 Å². The minimum Gasteiger partial charge on any atom is -0.452 e. The Morgan fingerprint density at radius 3 is 2.68 bits per heavy atom. The summed E-state index contributed by atoms with van der Waals surface area (Å²) in [5.74, 6) is 0.346. The van der Waals surface area contributed by atoms with Crippen LogP contribution in [0.4, 0.5) is 0 Å². The fourth-order valence-electron chi connectivity index (χ4n) is 2.86. The number of carbonyl (C=O) groups excluding carboxylic acids is 1. The van der Waals surface area contributed by atoms with Gasteiger partial charge in [0, 0.05) is 23.3 Å². The number of ether oxygens (including phenoxy) is 1. The van der Waals surface area contributed by atoms with Crippen LogP contribution in [0.15, 0.2) is 22.3 Å². The van der Waals surface area contributed by atoms with E-state index in [1.54, 1.807) is 12.3 Å². The monoisotopic (exact) mass is 383 g/mol. The highest BCUT2D eigenvalue weighted by Gasteiger charge is 2.20. The van der Waals surface area contributed by atoms with Crippen LogP contribution in [0.2, 0.25) is 0 Å². The fraction of sp³-hybridized carbons (Fsp3) is 0.500. The predicted molar refractivity (Wildman–Crippen MR) is 107 cm³/mol. The summed E-state index contributed by atoms with van der Waals surface area (Å²) in [6.45, 7) is 13.0. The number of aryl methyl sites for hydroxylation is 1. The molecule has 0 saturated heterocycles. The lowest BCUT2D eigenvalue weighted by Crippen LogP contribution is -2.09. The van der Waals surface area contributed by atoms with Gasteiger partial charge in [-0.3, -0.25) is 0 Å². The minimum absolute atomic E-state index is 0.0432. The molecule has 150 valence electrons. The van der Waals surface area contributed by atoms with Crippen molar-refractivity contribution in [3.8, 4) is 6.07 Å². The number of esters is 1. The smallest absolute Gasteiger partial charge is 0.349 e. The Hall–Kier alpha value is -2.81. The molecule has 2 rings (SSSR count). The van der Waals surface area contributed by atoms with Crippen LogP contribution in [0.25, 0.3) is 6.08 Å². The van der Waals surface area contributed by atoms with E-state index in [-0.39, 0.29) is 17.6 Å². The lowest BCUT2D eigenvalue weighted by molar-refractivity contribution is -0.140. The molecule has 0 spiro atoms. The third-order valence-corrected chi connectivity index (χ3v) is 4.61. The van der Waals surface area contributed by atoms with Crippen molar-refractivity contribution in [1.82, 2.24) is 9.55 Å². The van der Waals surface area contributed by atoms with Crippen molar-refractivity contribution in [2.45, 2.75) is 73.0 Å². The molecule has 0 unspecified atom stereocenters. The van der Waals surface area contributed by atoms with Gasteiger partial charge in [-0.1, -0.05) is 34.1 Å². The number of hydrogen-bond acceptors (Lipinski definition) is 5. The average molecular weight is 383 g/mol. The van der Waals surface area contributed by atoms with E-state index in [1.807, 2.05) is 46.8 Å². The SMILES string of the molecule is CCCCn1c(C)cc(/C=C(\C#N)C(=O)OCc2ncc(C(C)(C)C)o2)c1C. The number of rotatable bonds is 7. The number of nitrogens with zero attached hydrogens (tertiary/aromatic N) is 3. The maximum Gasteiger partial charge on any atom is 0.349 e. The number of unbranched alkanes of at least 4 members (excludes halogenated alkanes) is 1. The molecule has 0 aromatic carbocycles. The fourth-order valence-corrected chi connectivity index (χ4v) is 2.86. The molecule has 0 fully saturated rings. The van der Waals surface area contributed by atoms with Crippen LogP contribution in [0.5, 0.6) is 0 Å². The van der Waals surface area contributed by atoms with E-state index in [4.69, 9.17) is 9.15 Å². The molecule has 0 amide bonds. The summed E-state index contributed by atoms with van der Waals surface area (Å²) in [4.78, 5) is 16.5. The van der Waals surface area contributed by atoms with E-state index in [0.29, 0.717) is 11.7 Å². The molecule has 6 heteroatoms. The molecule has 0 aliphatic carbocycles. The highest BCUT2D eigenvalue weighted by Crippen LogP contribution is 2.23. The van der Waals surface area contributed by atoms with Crippen molar-refractivity contribution in [2.75, 3.05) is 0 Å². The van der Waals surface area contributed by atoms with Gasteiger partial charge < -0.3 is 13.7 Å². The molecule has 6 nitrogen and oxygen atoms in total. The second-order valence-corrected chi connectivity index (χ2v) is 7.95. The molecule has 2 aromatic rings. The van der Waals surface area contributed by atoms with E-state index in [9.17, 15) is 10.1 Å². The van der Waals surface area contributed by atoms with Gasteiger partial charge >= 0.3 is 5.97 Å². The normalized spacial score (nSPS) is 12.1. The Bertz CT molecular complexity index is 905. The Kier molecular flexibility index (Phi) is 6.85. The van der Waals surface area contributed by atoms with Gasteiger partial charge in [-0.2, -0.15) is 5.26 Å². The van der Waals surface area contributed by atoms with Gasteiger partial charge in [0.25, 0.3) is 0 Å². The lowest BCUT2D eigenvalue weighted by atomic mass is 9.94. The van der Waals surface area contributed by atoms with Gasteiger partial charge in [-0.15, -0.1) is 0 Å². The molecule has 0 bridgehead atoms. The third kappa shape index (κ3) is 5.13. The predicted octanol–water partition coefficient (Wildman–Crippen LogP) is 4.84. The van der Waals surface area contributed by atoms with Gasteiger partial charge in [0.05, 0.1) is 6.20 Å². The Balaban J connectivity index is 2.11. The number of oxazole rings is 1. The summed E-state index contributed by atoms with van der Waals surface area (Å²) in [5.41, 5.74) is 2.78. The maximum atomic E-state index is 12.3. The number of carbonyl (C=O) groups is 1. The van der Waals surface area contributed by atoms with Crippen LogP contribution in [0, 0.1) is 25.2 Å². The largest absolute Gasteiger partial charge is 0.452 e. The second kappa shape index (κ2) is 8.92. The van der Waals surface area contributed by atoms with E-state index in [2.05, 4.69) is 16.5 Å². The molecule has 2 heterocycles. The van der Waals surface area contributed by atoms with Crippen molar-refractivity contribution in [2.24, 2.45) is 0 Å². The first-order valence-electron chi connectivity index (χ1n) is 9.58. The summed E-state index contributed by atoms with van der Waals surface area (Å²) < 4.78 is 13.0. The minimum atomic E-state index is -0.684. The van der Waals surface area contributed by atoms with Gasteiger partial charge in [0.1, 0.15) is 17.4 Å². The summed E-state index contributed by atoms with van der Waals surface area (Å²) >= 11 is 0. The zero-order valence-corrected chi connectivity index (χ0v) is 17.6. The van der Waals surface area contributed by atoms with Crippen molar-refractivity contribution < 1.29 is 13.9 Å². The van der Waals surface area contributed by atoms with Crippen molar-refractivity contribution in [1.29, 1.82) is 5.26 Å². The number of nitriles is 1. The first-order chi connectivity index (χ1) is 13.2. The van der Waals surface area contributed by atoms with Crippen LogP contribution >= 0.6 is 0 Å². The first kappa shape index (κ1) is 21.5. The molecule has 0 aliphatic heterocycles. The van der Waals surface area contributed by atoms with Gasteiger partial charge in [-0.25, -0.2) is 9.78 Å². The number of hydrogen-bond donors (Lipinski definition) is 0. The third-order valence-electron chi connectivity index (χ3n) is 4.61. The summed E-state index contributed by atoms with van der Waals surface area (Å²) in [6, 6.07) is 3.93. The molecule has 0 atom stereocenters. The quantitative estimate of drug-likeness (QED) is 0.388. The van der Waals surface area contributed by atoms with Crippen LogP contribution in [-0.2, 0) is 28.1 Å². The first-order valence-corrected chi connectivity index (χ1v) is 9.58. The maximum absolute atomic E-state index is 12.3. The number of aromatic nitrogens is 2. The Morgan fingerprint density at radius 1 is 1.39 bits per heavy atom. The highest BCUT2D eigenvalue weighted by atomic mass is 16.5. The van der Waals surface area contributed by atoms with E-state index in [1.165, 1.54) is 0 Å². The van der Waals surface area contributed by atoms with E-state index in [0.717, 1.165) is 36.3 Å². The zero-order chi connectivity index (χ0) is 20.9. The van der Waals surface area contributed by atoms with E-state index >= 15 is 0 Å². The molecular formula is C22H29N3O3. The average Bonchev–Trinajstić information content (AvgIpc) is 3.21. The van der Waals surface area contributed by atoms with Crippen LogP contribution in [-0.4, -0.2) is 15.5 Å². The molecule has 0 aliphatic rings. The second-order valence-electron chi connectivity index (χ2n) is 7.95. The lowest BCUT2D eigenvalue weighted by Gasteiger charge is -2.13. The molecule has 0 radical (unpaired) electrons. The highest BCUT2D eigenvalue weighted by molar-refractivity contribution is 5.98. The van der Waals surface area contributed by atoms with Crippen LogP contribution in [0.3, 0.4) is 0 Å². The zero-order valence-electron chi connectivity index (χ0n) is 17.6.